The van der Waals surface area contributed by atoms with E-state index in [0.29, 0.717) is 18.0 Å². The second-order valence-electron chi connectivity index (χ2n) is 7.42. The summed E-state index contributed by atoms with van der Waals surface area (Å²) < 4.78 is 0. The summed E-state index contributed by atoms with van der Waals surface area (Å²) in [5.41, 5.74) is 5.36. The summed E-state index contributed by atoms with van der Waals surface area (Å²) in [6, 6.07) is 7.33. The van der Waals surface area contributed by atoms with E-state index in [1.165, 1.54) is 0 Å². The largest absolute Gasteiger partial charge is 0.333 e. The van der Waals surface area contributed by atoms with Crippen molar-refractivity contribution in [3.8, 4) is 0 Å². The van der Waals surface area contributed by atoms with Crippen molar-refractivity contribution >= 4 is 29.3 Å². The minimum Gasteiger partial charge on any atom is -0.333 e. The van der Waals surface area contributed by atoms with Crippen LogP contribution in [0.2, 0.25) is 5.02 Å². The second kappa shape index (κ2) is 8.74. The molecule has 0 bridgehead atoms. The lowest BCUT2D eigenvalue weighted by Crippen LogP contribution is -2.53. The highest BCUT2D eigenvalue weighted by Crippen LogP contribution is 2.41. The van der Waals surface area contributed by atoms with Crippen LogP contribution >= 0.6 is 11.6 Å². The SMILES string of the molecule is O=C(CN1CCCCCC1=O)NNC(=O)C1(c2ccc(Cl)cc2)CCCC1. The first kappa shape index (κ1) is 19.7. The van der Waals surface area contributed by atoms with Crippen LogP contribution in [0.4, 0.5) is 0 Å². The molecule has 2 aliphatic rings. The minimum absolute atomic E-state index is 0.00223. The monoisotopic (exact) mass is 391 g/mol. The van der Waals surface area contributed by atoms with Gasteiger partial charge in [-0.05, 0) is 43.4 Å². The zero-order valence-electron chi connectivity index (χ0n) is 15.4. The summed E-state index contributed by atoms with van der Waals surface area (Å²) >= 11 is 5.97. The molecule has 6 nitrogen and oxygen atoms in total. The van der Waals surface area contributed by atoms with Gasteiger partial charge < -0.3 is 4.90 Å². The van der Waals surface area contributed by atoms with E-state index in [4.69, 9.17) is 11.6 Å². The maximum Gasteiger partial charge on any atom is 0.257 e. The average molecular weight is 392 g/mol. The van der Waals surface area contributed by atoms with E-state index in [0.717, 1.165) is 50.5 Å². The molecule has 1 saturated heterocycles. The van der Waals surface area contributed by atoms with Crippen molar-refractivity contribution in [3.63, 3.8) is 0 Å². The van der Waals surface area contributed by atoms with Crippen LogP contribution in [0.3, 0.4) is 0 Å². The Balaban J connectivity index is 1.60. The van der Waals surface area contributed by atoms with E-state index in [1.54, 1.807) is 17.0 Å². The van der Waals surface area contributed by atoms with Crippen LogP contribution in [0.1, 0.15) is 56.9 Å². The van der Waals surface area contributed by atoms with Crippen molar-refractivity contribution in [3.05, 3.63) is 34.9 Å². The third kappa shape index (κ3) is 4.61. The maximum absolute atomic E-state index is 12.9. The van der Waals surface area contributed by atoms with Crippen LogP contribution in [0.15, 0.2) is 24.3 Å². The van der Waals surface area contributed by atoms with E-state index >= 15 is 0 Å². The number of rotatable bonds is 4. The van der Waals surface area contributed by atoms with Gasteiger partial charge in [0, 0.05) is 18.0 Å². The third-order valence-corrected chi connectivity index (χ3v) is 5.86. The van der Waals surface area contributed by atoms with Gasteiger partial charge in [-0.25, -0.2) is 0 Å². The molecule has 1 aliphatic heterocycles. The van der Waals surface area contributed by atoms with Gasteiger partial charge in [-0.2, -0.15) is 0 Å². The molecule has 1 aliphatic carbocycles. The number of benzene rings is 1. The molecule has 7 heteroatoms. The van der Waals surface area contributed by atoms with Crippen molar-refractivity contribution < 1.29 is 14.4 Å². The number of hydrogen-bond donors (Lipinski definition) is 2. The molecule has 3 amide bonds. The van der Waals surface area contributed by atoms with Crippen LogP contribution in [0.5, 0.6) is 0 Å². The highest BCUT2D eigenvalue weighted by Gasteiger charge is 2.42. The number of hydrogen-bond acceptors (Lipinski definition) is 3. The fraction of sp³-hybridized carbons (Fsp3) is 0.550. The third-order valence-electron chi connectivity index (χ3n) is 5.61. The normalized spacial score (nSPS) is 19.4. The Kier molecular flexibility index (Phi) is 6.37. The molecule has 27 heavy (non-hydrogen) atoms. The molecule has 2 fully saturated rings. The first-order valence-corrected chi connectivity index (χ1v) is 10.0. The predicted molar refractivity (Wildman–Crippen MR) is 103 cm³/mol. The van der Waals surface area contributed by atoms with Crippen LogP contribution < -0.4 is 10.9 Å². The van der Waals surface area contributed by atoms with Crippen molar-refractivity contribution in [1.82, 2.24) is 15.8 Å². The standard InChI is InChI=1S/C20H26ClN3O3/c21-16-9-7-15(8-10-16)20(11-3-4-12-20)19(27)23-22-17(25)14-24-13-5-1-2-6-18(24)26/h7-10H,1-6,11-14H2,(H,22,25)(H,23,27). The molecule has 3 rings (SSSR count). The smallest absolute Gasteiger partial charge is 0.257 e. The summed E-state index contributed by atoms with van der Waals surface area (Å²) in [7, 11) is 0. The lowest BCUT2D eigenvalue weighted by molar-refractivity contribution is -0.137. The topological polar surface area (TPSA) is 78.5 Å². The maximum atomic E-state index is 12.9. The lowest BCUT2D eigenvalue weighted by Gasteiger charge is -2.28. The molecular weight excluding hydrogens is 366 g/mol. The molecular formula is C20H26ClN3O3. The number of halogens is 1. The van der Waals surface area contributed by atoms with E-state index < -0.39 is 5.41 Å². The lowest BCUT2D eigenvalue weighted by atomic mass is 9.78. The zero-order chi connectivity index (χ0) is 19.3. The van der Waals surface area contributed by atoms with Gasteiger partial charge in [-0.15, -0.1) is 0 Å². The molecule has 0 aromatic heterocycles. The van der Waals surface area contributed by atoms with Gasteiger partial charge in [0.1, 0.15) is 6.54 Å². The summed E-state index contributed by atoms with van der Waals surface area (Å²) in [4.78, 5) is 38.7. The summed E-state index contributed by atoms with van der Waals surface area (Å²) in [5, 5.41) is 0.628. The number of carbonyl (C=O) groups is 3. The van der Waals surface area contributed by atoms with Crippen LogP contribution in [-0.4, -0.2) is 35.7 Å². The van der Waals surface area contributed by atoms with Crippen molar-refractivity contribution in [2.75, 3.05) is 13.1 Å². The Bertz CT molecular complexity index is 699. The fourth-order valence-electron chi connectivity index (χ4n) is 4.06. The Morgan fingerprint density at radius 2 is 1.70 bits per heavy atom. The Morgan fingerprint density at radius 3 is 2.41 bits per heavy atom. The average Bonchev–Trinajstić information content (AvgIpc) is 3.08. The molecule has 0 unspecified atom stereocenters. The molecule has 1 heterocycles. The quantitative estimate of drug-likeness (QED) is 0.774. The number of nitrogens with zero attached hydrogens (tertiary/aromatic N) is 1. The first-order chi connectivity index (χ1) is 13.0. The minimum atomic E-state index is -0.643. The van der Waals surface area contributed by atoms with Crippen molar-refractivity contribution in [2.45, 2.75) is 56.8 Å². The predicted octanol–water partition coefficient (Wildman–Crippen LogP) is 2.70. The van der Waals surface area contributed by atoms with Gasteiger partial charge in [0.05, 0.1) is 5.41 Å². The summed E-state index contributed by atoms with van der Waals surface area (Å²) in [6.07, 6.45) is 6.67. The van der Waals surface area contributed by atoms with Gasteiger partial charge in [0.2, 0.25) is 11.8 Å². The number of amides is 3. The molecule has 2 N–H and O–H groups in total. The summed E-state index contributed by atoms with van der Waals surface area (Å²) in [6.45, 7) is 0.571. The van der Waals surface area contributed by atoms with E-state index in [-0.39, 0.29) is 24.3 Å². The molecule has 1 aromatic carbocycles. The van der Waals surface area contributed by atoms with E-state index in [9.17, 15) is 14.4 Å². The van der Waals surface area contributed by atoms with Gasteiger partial charge in [-0.1, -0.05) is 43.0 Å². The van der Waals surface area contributed by atoms with E-state index in [2.05, 4.69) is 10.9 Å². The number of nitrogens with one attached hydrogen (secondary N) is 2. The van der Waals surface area contributed by atoms with Gasteiger partial charge in [0.25, 0.3) is 5.91 Å². The summed E-state index contributed by atoms with van der Waals surface area (Å²) in [5.74, 6) is -0.580. The van der Waals surface area contributed by atoms with Gasteiger partial charge >= 0.3 is 0 Å². The second-order valence-corrected chi connectivity index (χ2v) is 7.86. The molecule has 0 atom stereocenters. The van der Waals surface area contributed by atoms with Crippen LogP contribution in [0, 0.1) is 0 Å². The molecule has 0 radical (unpaired) electrons. The molecule has 0 spiro atoms. The Morgan fingerprint density at radius 1 is 1.00 bits per heavy atom. The highest BCUT2D eigenvalue weighted by molar-refractivity contribution is 6.30. The zero-order valence-corrected chi connectivity index (χ0v) is 16.2. The highest BCUT2D eigenvalue weighted by atomic mass is 35.5. The molecule has 1 aromatic rings. The van der Waals surface area contributed by atoms with Gasteiger partial charge in [-0.3, -0.25) is 25.2 Å². The van der Waals surface area contributed by atoms with Crippen LogP contribution in [-0.2, 0) is 19.8 Å². The number of likely N-dealkylation sites (tertiary alicyclic amines) is 1. The van der Waals surface area contributed by atoms with E-state index in [1.807, 2.05) is 12.1 Å². The Labute approximate surface area is 164 Å². The molecule has 146 valence electrons. The van der Waals surface area contributed by atoms with Crippen LogP contribution in [0.25, 0.3) is 0 Å². The van der Waals surface area contributed by atoms with Gasteiger partial charge in [0.15, 0.2) is 0 Å². The first-order valence-electron chi connectivity index (χ1n) is 9.64. The fourth-order valence-corrected chi connectivity index (χ4v) is 4.19. The molecule has 1 saturated carbocycles. The number of carbonyl (C=O) groups excluding carboxylic acids is 3. The Hall–Kier alpha value is -2.08. The number of hydrazine groups is 1. The van der Waals surface area contributed by atoms with Crippen molar-refractivity contribution in [2.24, 2.45) is 0 Å². The van der Waals surface area contributed by atoms with Crippen molar-refractivity contribution in [1.29, 1.82) is 0 Å².